The van der Waals surface area contributed by atoms with Crippen molar-refractivity contribution >= 4 is 26.3 Å². The van der Waals surface area contributed by atoms with E-state index in [2.05, 4.69) is 0 Å². The lowest BCUT2D eigenvalue weighted by molar-refractivity contribution is 0.178. The third kappa shape index (κ3) is 2.85. The van der Waals surface area contributed by atoms with Crippen LogP contribution in [0, 0.1) is 0 Å². The molecule has 1 aliphatic rings. The predicted octanol–water partition coefficient (Wildman–Crippen LogP) is 0.599. The fourth-order valence-electron chi connectivity index (χ4n) is 1.85. The van der Waals surface area contributed by atoms with Crippen molar-refractivity contribution in [1.82, 2.24) is 0 Å². The predicted molar refractivity (Wildman–Crippen MR) is 65.4 cm³/mol. The standard InChI is InChI=1S/C10H10O7S2/c11-10-5-8(19(15,16)17)4-6-3-7(18(12,13)14)1-2-9(6)10/h1-4,10-11H,5H2,(H,12,13,14)(H,15,16,17). The first-order valence-corrected chi connectivity index (χ1v) is 7.94. The Morgan fingerprint density at radius 1 is 1.05 bits per heavy atom. The topological polar surface area (TPSA) is 129 Å². The lowest BCUT2D eigenvalue weighted by Crippen LogP contribution is -2.13. The van der Waals surface area contributed by atoms with Crippen LogP contribution in [0.4, 0.5) is 0 Å². The Kier molecular flexibility index (Phi) is 3.27. The highest BCUT2D eigenvalue weighted by molar-refractivity contribution is 7.90. The maximum Gasteiger partial charge on any atom is 0.294 e. The first kappa shape index (κ1) is 14.2. The molecule has 3 N–H and O–H groups in total. The van der Waals surface area contributed by atoms with E-state index in [1.54, 1.807) is 0 Å². The minimum Gasteiger partial charge on any atom is -0.388 e. The zero-order valence-electron chi connectivity index (χ0n) is 9.38. The lowest BCUT2D eigenvalue weighted by atomic mass is 9.95. The Hall–Kier alpha value is -1.26. The van der Waals surface area contributed by atoms with Crippen molar-refractivity contribution < 1.29 is 31.0 Å². The molecular weight excluding hydrogens is 296 g/mol. The summed E-state index contributed by atoms with van der Waals surface area (Å²) < 4.78 is 61.9. The second-order valence-corrected chi connectivity index (χ2v) is 6.97. The van der Waals surface area contributed by atoms with Gasteiger partial charge in [-0.25, -0.2) is 0 Å². The summed E-state index contributed by atoms with van der Waals surface area (Å²) in [4.78, 5) is -0.841. The summed E-state index contributed by atoms with van der Waals surface area (Å²) in [6, 6.07) is 3.41. The molecule has 0 bridgehead atoms. The molecule has 0 saturated carbocycles. The Morgan fingerprint density at radius 2 is 1.68 bits per heavy atom. The van der Waals surface area contributed by atoms with Crippen molar-refractivity contribution in [3.8, 4) is 0 Å². The number of hydrogen-bond donors (Lipinski definition) is 3. The van der Waals surface area contributed by atoms with E-state index >= 15 is 0 Å². The normalized spacial score (nSPS) is 19.7. The van der Waals surface area contributed by atoms with E-state index < -0.39 is 36.1 Å². The molecule has 0 aliphatic heterocycles. The van der Waals surface area contributed by atoms with Crippen molar-refractivity contribution in [3.05, 3.63) is 34.2 Å². The van der Waals surface area contributed by atoms with Crippen LogP contribution < -0.4 is 0 Å². The van der Waals surface area contributed by atoms with Crippen molar-refractivity contribution in [1.29, 1.82) is 0 Å². The molecule has 9 heteroatoms. The van der Waals surface area contributed by atoms with E-state index in [9.17, 15) is 21.9 Å². The Bertz CT molecular complexity index is 759. The third-order valence-corrected chi connectivity index (χ3v) is 4.55. The Labute approximate surface area is 109 Å². The van der Waals surface area contributed by atoms with Gasteiger partial charge < -0.3 is 5.11 Å². The smallest absolute Gasteiger partial charge is 0.294 e. The van der Waals surface area contributed by atoms with Crippen molar-refractivity contribution in [2.24, 2.45) is 0 Å². The Morgan fingerprint density at radius 3 is 2.21 bits per heavy atom. The molecule has 0 heterocycles. The minimum atomic E-state index is -4.46. The zero-order chi connectivity index (χ0) is 14.4. The quantitative estimate of drug-likeness (QED) is 0.682. The number of aliphatic hydroxyl groups is 1. The van der Waals surface area contributed by atoms with E-state index in [0.717, 1.165) is 18.2 Å². The average molecular weight is 306 g/mol. The summed E-state index contributed by atoms with van der Waals surface area (Å²) in [5.41, 5.74) is 0.432. The highest BCUT2D eigenvalue weighted by Crippen LogP contribution is 2.34. The van der Waals surface area contributed by atoms with Crippen LogP contribution in [0.25, 0.3) is 6.08 Å². The van der Waals surface area contributed by atoms with Gasteiger partial charge in [0.05, 0.1) is 15.9 Å². The Balaban J connectivity index is 2.66. The van der Waals surface area contributed by atoms with Crippen LogP contribution in [0.5, 0.6) is 0 Å². The van der Waals surface area contributed by atoms with Crippen LogP contribution in [-0.4, -0.2) is 31.0 Å². The third-order valence-electron chi connectivity index (χ3n) is 2.76. The summed E-state index contributed by atoms with van der Waals surface area (Å²) in [6.45, 7) is 0. The van der Waals surface area contributed by atoms with Gasteiger partial charge in [0.15, 0.2) is 0 Å². The molecule has 1 atom stereocenters. The number of benzene rings is 1. The van der Waals surface area contributed by atoms with E-state index in [4.69, 9.17) is 9.11 Å². The summed E-state index contributed by atoms with van der Waals surface area (Å²) in [6.07, 6.45) is -0.407. The number of rotatable bonds is 2. The molecule has 0 fully saturated rings. The number of aliphatic hydroxyl groups excluding tert-OH is 1. The van der Waals surface area contributed by atoms with Gasteiger partial charge >= 0.3 is 0 Å². The van der Waals surface area contributed by atoms with Crippen LogP contribution in [-0.2, 0) is 20.2 Å². The second-order valence-electron chi connectivity index (χ2n) is 4.07. The van der Waals surface area contributed by atoms with E-state index in [1.165, 1.54) is 6.07 Å². The van der Waals surface area contributed by atoms with Crippen molar-refractivity contribution in [3.63, 3.8) is 0 Å². The number of fused-ring (bicyclic) bond motifs is 1. The van der Waals surface area contributed by atoms with Crippen LogP contribution in [0.2, 0.25) is 0 Å². The molecule has 104 valence electrons. The lowest BCUT2D eigenvalue weighted by Gasteiger charge is -2.20. The highest BCUT2D eigenvalue weighted by atomic mass is 32.2. The van der Waals surface area contributed by atoms with E-state index in [-0.39, 0.29) is 12.0 Å². The largest absolute Gasteiger partial charge is 0.388 e. The van der Waals surface area contributed by atoms with Crippen molar-refractivity contribution in [2.75, 3.05) is 0 Å². The highest BCUT2D eigenvalue weighted by Gasteiger charge is 2.26. The molecule has 7 nitrogen and oxygen atoms in total. The molecular formula is C10H10O7S2. The van der Waals surface area contributed by atoms with Gasteiger partial charge in [0.25, 0.3) is 20.2 Å². The summed E-state index contributed by atoms with van der Waals surface area (Å²) in [5.74, 6) is 0. The minimum absolute atomic E-state index is 0.113. The van der Waals surface area contributed by atoms with Crippen LogP contribution >= 0.6 is 0 Å². The average Bonchev–Trinajstić information content (AvgIpc) is 2.25. The molecule has 1 unspecified atom stereocenters. The molecule has 1 aromatic carbocycles. The van der Waals surface area contributed by atoms with E-state index in [1.807, 2.05) is 0 Å². The molecule has 0 saturated heterocycles. The summed E-state index contributed by atoms with van der Waals surface area (Å²) in [5, 5.41) is 9.76. The van der Waals surface area contributed by atoms with Gasteiger partial charge in [0.1, 0.15) is 0 Å². The molecule has 1 aliphatic carbocycles. The molecule has 0 spiro atoms. The van der Waals surface area contributed by atoms with Crippen LogP contribution in [0.15, 0.2) is 28.0 Å². The second kappa shape index (κ2) is 4.39. The van der Waals surface area contributed by atoms with Gasteiger partial charge in [-0.15, -0.1) is 0 Å². The number of hydrogen-bond acceptors (Lipinski definition) is 5. The van der Waals surface area contributed by atoms with Gasteiger partial charge in [-0.3, -0.25) is 9.11 Å². The molecule has 1 aromatic rings. The molecule has 0 radical (unpaired) electrons. The first-order chi connectivity index (χ1) is 8.59. The maximum absolute atomic E-state index is 11.0. The molecule has 0 amide bonds. The van der Waals surface area contributed by atoms with Crippen LogP contribution in [0.1, 0.15) is 23.7 Å². The molecule has 19 heavy (non-hydrogen) atoms. The van der Waals surface area contributed by atoms with Gasteiger partial charge in [0.2, 0.25) is 0 Å². The SMILES string of the molecule is O=S(=O)(O)C1=Cc2cc(S(=O)(=O)O)ccc2C(O)C1. The zero-order valence-corrected chi connectivity index (χ0v) is 11.0. The van der Waals surface area contributed by atoms with E-state index in [0.29, 0.717) is 5.56 Å². The van der Waals surface area contributed by atoms with Gasteiger partial charge in [-0.05, 0) is 29.3 Å². The summed E-state index contributed by atoms with van der Waals surface area (Å²) in [7, 11) is -8.89. The van der Waals surface area contributed by atoms with Gasteiger partial charge in [-0.2, -0.15) is 16.8 Å². The van der Waals surface area contributed by atoms with Crippen LogP contribution in [0.3, 0.4) is 0 Å². The monoisotopic (exact) mass is 306 g/mol. The molecule has 2 rings (SSSR count). The fourth-order valence-corrected chi connectivity index (χ4v) is 3.01. The molecule has 0 aromatic heterocycles. The first-order valence-electron chi connectivity index (χ1n) is 5.06. The van der Waals surface area contributed by atoms with Gasteiger partial charge in [-0.1, -0.05) is 6.07 Å². The maximum atomic E-state index is 11.0. The van der Waals surface area contributed by atoms with Crippen molar-refractivity contribution in [2.45, 2.75) is 17.4 Å². The van der Waals surface area contributed by atoms with Gasteiger partial charge in [0, 0.05) is 6.42 Å². The fraction of sp³-hybridized carbons (Fsp3) is 0.200. The summed E-state index contributed by atoms with van der Waals surface area (Å²) >= 11 is 0.